The number of hydrogen-bond donors (Lipinski definition) is 1. The van der Waals surface area contributed by atoms with Crippen molar-refractivity contribution in [1.29, 1.82) is 0 Å². The fourth-order valence-electron chi connectivity index (χ4n) is 2.06. The van der Waals surface area contributed by atoms with Crippen LogP contribution in [-0.4, -0.2) is 36.7 Å². The fraction of sp³-hybridized carbons (Fsp3) is 0.591. The van der Waals surface area contributed by atoms with Crippen LogP contribution in [0.5, 0.6) is 0 Å². The molecule has 0 bridgehead atoms. The molecule has 0 amide bonds. The van der Waals surface area contributed by atoms with Gasteiger partial charge in [-0.25, -0.2) is 0 Å². The van der Waals surface area contributed by atoms with E-state index < -0.39 is 5.60 Å². The Kier molecular flexibility index (Phi) is 14.2. The average molecular weight is 410 g/mol. The van der Waals surface area contributed by atoms with Crippen molar-refractivity contribution in [2.75, 3.05) is 13.2 Å². The molecule has 0 aliphatic heterocycles. The summed E-state index contributed by atoms with van der Waals surface area (Å²) >= 11 is 0. The Labute approximate surface area is 173 Å². The van der Waals surface area contributed by atoms with Gasteiger partial charge in [0.15, 0.2) is 0 Å². The number of rotatable bonds is 10. The van der Waals surface area contributed by atoms with Gasteiger partial charge >= 0.3 is 17.9 Å². The molecule has 2 N–H and O–H groups in total. The van der Waals surface area contributed by atoms with Gasteiger partial charge in [0.2, 0.25) is 0 Å². The van der Waals surface area contributed by atoms with Crippen LogP contribution in [0.3, 0.4) is 0 Å². The number of benzene rings is 1. The topological polar surface area (TPSA) is 105 Å². The summed E-state index contributed by atoms with van der Waals surface area (Å²) in [7, 11) is 0. The zero-order valence-electron chi connectivity index (χ0n) is 18.1. The second-order valence-electron chi connectivity index (χ2n) is 7.28. The number of carbonyl (C=O) groups is 3. The van der Waals surface area contributed by atoms with Gasteiger partial charge in [0.05, 0.1) is 6.61 Å². The largest absolute Gasteiger partial charge is 0.466 e. The Hall–Kier alpha value is -2.41. The lowest BCUT2D eigenvalue weighted by molar-refractivity contribution is -0.155. The maximum absolute atomic E-state index is 11.5. The van der Waals surface area contributed by atoms with Crippen molar-refractivity contribution >= 4 is 17.9 Å². The molecule has 0 radical (unpaired) electrons. The molecule has 0 heterocycles. The van der Waals surface area contributed by atoms with Crippen LogP contribution < -0.4 is 5.73 Å². The predicted molar refractivity (Wildman–Crippen MR) is 111 cm³/mol. The molecule has 7 heteroatoms. The van der Waals surface area contributed by atoms with E-state index in [0.29, 0.717) is 26.0 Å². The highest BCUT2D eigenvalue weighted by Gasteiger charge is 2.16. The van der Waals surface area contributed by atoms with Crippen LogP contribution in [0.25, 0.3) is 0 Å². The van der Waals surface area contributed by atoms with Gasteiger partial charge in [0.25, 0.3) is 0 Å². The van der Waals surface area contributed by atoms with Crippen LogP contribution in [0.2, 0.25) is 0 Å². The highest BCUT2D eigenvalue weighted by molar-refractivity contribution is 5.72. The summed E-state index contributed by atoms with van der Waals surface area (Å²) in [6, 6.07) is 9.49. The SMILES string of the molecule is CC(C)(C)OC(=O)CCCC(=O)OCc1ccccc1.CCOC(=O)CCCN. The molecule has 0 spiro atoms. The molecule has 0 aliphatic carbocycles. The van der Waals surface area contributed by atoms with Gasteiger partial charge in [-0.1, -0.05) is 30.3 Å². The van der Waals surface area contributed by atoms with E-state index in [0.717, 1.165) is 12.0 Å². The van der Waals surface area contributed by atoms with Crippen LogP contribution in [0.15, 0.2) is 30.3 Å². The quantitative estimate of drug-likeness (QED) is 0.465. The third-order valence-corrected chi connectivity index (χ3v) is 3.31. The normalized spacial score (nSPS) is 10.4. The van der Waals surface area contributed by atoms with E-state index in [-0.39, 0.29) is 37.4 Å². The standard InChI is InChI=1S/C16H22O4.C6H13NO2/c1-16(2,3)20-15(18)11-7-10-14(17)19-12-13-8-5-4-6-9-13;1-2-9-6(8)4-3-5-7/h4-6,8-9H,7,10-12H2,1-3H3;2-5,7H2,1H3. The van der Waals surface area contributed by atoms with Crippen molar-refractivity contribution in [3.05, 3.63) is 35.9 Å². The molecule has 0 aromatic heterocycles. The Morgan fingerprint density at radius 1 is 0.862 bits per heavy atom. The molecule has 164 valence electrons. The van der Waals surface area contributed by atoms with E-state index in [2.05, 4.69) is 4.74 Å². The van der Waals surface area contributed by atoms with Crippen LogP contribution >= 0.6 is 0 Å². The molecule has 0 saturated heterocycles. The number of nitrogens with two attached hydrogens (primary N) is 1. The highest BCUT2D eigenvalue weighted by atomic mass is 16.6. The molecule has 7 nitrogen and oxygen atoms in total. The summed E-state index contributed by atoms with van der Waals surface area (Å²) in [5, 5.41) is 0. The molecule has 0 unspecified atom stereocenters. The van der Waals surface area contributed by atoms with Crippen LogP contribution in [0, 0.1) is 0 Å². The first-order chi connectivity index (χ1) is 13.7. The lowest BCUT2D eigenvalue weighted by Crippen LogP contribution is -2.23. The molecule has 1 aromatic rings. The summed E-state index contributed by atoms with van der Waals surface area (Å²) in [6.45, 7) is 8.53. The van der Waals surface area contributed by atoms with Gasteiger partial charge in [-0.05, 0) is 52.6 Å². The minimum atomic E-state index is -0.481. The van der Waals surface area contributed by atoms with E-state index in [1.807, 2.05) is 51.1 Å². The van der Waals surface area contributed by atoms with Crippen molar-refractivity contribution in [1.82, 2.24) is 0 Å². The van der Waals surface area contributed by atoms with Gasteiger partial charge in [-0.3, -0.25) is 14.4 Å². The van der Waals surface area contributed by atoms with Crippen LogP contribution in [0.4, 0.5) is 0 Å². The second kappa shape index (κ2) is 15.5. The lowest BCUT2D eigenvalue weighted by atomic mass is 10.2. The van der Waals surface area contributed by atoms with E-state index >= 15 is 0 Å². The Morgan fingerprint density at radius 3 is 1.97 bits per heavy atom. The highest BCUT2D eigenvalue weighted by Crippen LogP contribution is 2.10. The average Bonchev–Trinajstić information content (AvgIpc) is 2.65. The van der Waals surface area contributed by atoms with Crippen molar-refractivity contribution in [2.45, 2.75) is 72.0 Å². The molecule has 0 saturated carbocycles. The summed E-state index contributed by atoms with van der Waals surface area (Å²) in [6.07, 6.45) is 2.08. The second-order valence-corrected chi connectivity index (χ2v) is 7.28. The van der Waals surface area contributed by atoms with Gasteiger partial charge in [0, 0.05) is 19.3 Å². The summed E-state index contributed by atoms with van der Waals surface area (Å²) in [5.74, 6) is -0.728. The third kappa shape index (κ3) is 17.4. The molecule has 1 aromatic carbocycles. The number of carbonyl (C=O) groups excluding carboxylic acids is 3. The van der Waals surface area contributed by atoms with Gasteiger partial charge in [0.1, 0.15) is 12.2 Å². The third-order valence-electron chi connectivity index (χ3n) is 3.31. The number of ether oxygens (including phenoxy) is 3. The zero-order valence-corrected chi connectivity index (χ0v) is 18.1. The molecule has 1 rings (SSSR count). The molecular weight excluding hydrogens is 374 g/mol. The molecule has 29 heavy (non-hydrogen) atoms. The van der Waals surface area contributed by atoms with Crippen molar-refractivity contribution in [2.24, 2.45) is 5.73 Å². The summed E-state index contributed by atoms with van der Waals surface area (Å²) in [4.78, 5) is 33.5. The minimum absolute atomic E-state index is 0.150. The van der Waals surface area contributed by atoms with E-state index in [1.165, 1.54) is 0 Å². The van der Waals surface area contributed by atoms with Crippen molar-refractivity contribution < 1.29 is 28.6 Å². The minimum Gasteiger partial charge on any atom is -0.466 e. The van der Waals surface area contributed by atoms with Crippen molar-refractivity contribution in [3.8, 4) is 0 Å². The summed E-state index contributed by atoms with van der Waals surface area (Å²) in [5.41, 5.74) is 5.64. The Morgan fingerprint density at radius 2 is 1.41 bits per heavy atom. The van der Waals surface area contributed by atoms with Gasteiger partial charge < -0.3 is 19.9 Å². The van der Waals surface area contributed by atoms with E-state index in [1.54, 1.807) is 6.92 Å². The number of esters is 3. The van der Waals surface area contributed by atoms with E-state index in [9.17, 15) is 14.4 Å². The predicted octanol–water partition coefficient (Wildman–Crippen LogP) is 3.53. The number of hydrogen-bond acceptors (Lipinski definition) is 7. The maximum atomic E-state index is 11.5. The van der Waals surface area contributed by atoms with Crippen LogP contribution in [0.1, 0.15) is 65.4 Å². The Balaban J connectivity index is 0.000000734. The molecular formula is C22H35NO6. The summed E-state index contributed by atoms with van der Waals surface area (Å²) < 4.78 is 14.9. The van der Waals surface area contributed by atoms with E-state index in [4.69, 9.17) is 15.2 Å². The first-order valence-electron chi connectivity index (χ1n) is 9.95. The Bertz CT molecular complexity index is 595. The molecule has 0 fully saturated rings. The molecule has 0 atom stereocenters. The fourth-order valence-corrected chi connectivity index (χ4v) is 2.06. The smallest absolute Gasteiger partial charge is 0.306 e. The first-order valence-corrected chi connectivity index (χ1v) is 9.95. The monoisotopic (exact) mass is 409 g/mol. The van der Waals surface area contributed by atoms with Gasteiger partial charge in [-0.2, -0.15) is 0 Å². The first kappa shape index (κ1) is 26.6. The van der Waals surface area contributed by atoms with Crippen LogP contribution in [-0.2, 0) is 35.2 Å². The lowest BCUT2D eigenvalue weighted by Gasteiger charge is -2.19. The van der Waals surface area contributed by atoms with Gasteiger partial charge in [-0.15, -0.1) is 0 Å². The maximum Gasteiger partial charge on any atom is 0.306 e. The molecule has 0 aliphatic rings. The van der Waals surface area contributed by atoms with Crippen molar-refractivity contribution in [3.63, 3.8) is 0 Å². The zero-order chi connectivity index (χ0) is 22.1.